The molecule has 0 atom stereocenters. The van der Waals surface area contributed by atoms with E-state index in [1.165, 1.54) is 8.45 Å². The van der Waals surface area contributed by atoms with Crippen molar-refractivity contribution >= 4 is 33.9 Å². The summed E-state index contributed by atoms with van der Waals surface area (Å²) in [5.41, 5.74) is 2.62. The molecule has 0 amide bonds. The highest BCUT2D eigenvalue weighted by Gasteiger charge is 1.96. The molecule has 0 spiro atoms. The lowest BCUT2D eigenvalue weighted by Crippen LogP contribution is -2.20. The number of hydrogen-bond acceptors (Lipinski definition) is 3. The molecular formula is C5H7IN2S. The van der Waals surface area contributed by atoms with Crippen LogP contribution in [0.4, 0.5) is 0 Å². The lowest BCUT2D eigenvalue weighted by Gasteiger charge is -1.93. The highest BCUT2D eigenvalue weighted by Crippen LogP contribution is 2.17. The third-order valence-electron chi connectivity index (χ3n) is 0.954. The van der Waals surface area contributed by atoms with Crippen LogP contribution in [0, 0.1) is 3.57 Å². The monoisotopic (exact) mass is 254 g/mol. The van der Waals surface area contributed by atoms with Gasteiger partial charge >= 0.3 is 0 Å². The lowest BCUT2D eigenvalue weighted by atomic mass is 10.5. The van der Waals surface area contributed by atoms with Gasteiger partial charge in [0, 0.05) is 15.0 Å². The van der Waals surface area contributed by atoms with Crippen molar-refractivity contribution in [1.29, 1.82) is 0 Å². The number of hydrogen-bond donors (Lipinski definition) is 2. The van der Waals surface area contributed by atoms with Crippen LogP contribution in [0.3, 0.4) is 0 Å². The van der Waals surface area contributed by atoms with Crippen LogP contribution in [0.15, 0.2) is 11.4 Å². The summed E-state index contributed by atoms with van der Waals surface area (Å²) in [5, 5.41) is 2.06. The molecule has 1 aromatic rings. The third-order valence-corrected chi connectivity index (χ3v) is 3.25. The molecule has 0 aliphatic rings. The first-order valence-corrected chi connectivity index (χ1v) is 4.46. The van der Waals surface area contributed by atoms with E-state index in [1.807, 2.05) is 0 Å². The minimum atomic E-state index is 0.774. The Labute approximate surface area is 71.6 Å². The minimum Gasteiger partial charge on any atom is -0.271 e. The SMILES string of the molecule is NNCc1sccc1I. The zero-order chi connectivity index (χ0) is 6.69. The van der Waals surface area contributed by atoms with Gasteiger partial charge in [0.15, 0.2) is 0 Å². The Bertz CT molecular complexity index is 187. The summed E-state index contributed by atoms with van der Waals surface area (Å²) in [5.74, 6) is 5.14. The van der Waals surface area contributed by atoms with Crippen molar-refractivity contribution in [3.05, 3.63) is 19.9 Å². The van der Waals surface area contributed by atoms with Gasteiger partial charge in [0.1, 0.15) is 0 Å². The van der Waals surface area contributed by atoms with Crippen molar-refractivity contribution in [3.8, 4) is 0 Å². The summed E-state index contributed by atoms with van der Waals surface area (Å²) in [6, 6.07) is 2.08. The van der Waals surface area contributed by atoms with Gasteiger partial charge in [-0.2, -0.15) is 0 Å². The van der Waals surface area contributed by atoms with E-state index < -0.39 is 0 Å². The highest BCUT2D eigenvalue weighted by molar-refractivity contribution is 14.1. The van der Waals surface area contributed by atoms with Crippen LogP contribution in [-0.4, -0.2) is 0 Å². The molecule has 1 heterocycles. The molecule has 2 nitrogen and oxygen atoms in total. The Balaban J connectivity index is 2.69. The number of thiophene rings is 1. The Morgan fingerprint density at radius 2 is 2.56 bits per heavy atom. The molecule has 9 heavy (non-hydrogen) atoms. The average molecular weight is 254 g/mol. The third kappa shape index (κ3) is 1.89. The first kappa shape index (κ1) is 7.46. The van der Waals surface area contributed by atoms with E-state index >= 15 is 0 Å². The van der Waals surface area contributed by atoms with Gasteiger partial charge in [0.25, 0.3) is 0 Å². The molecule has 0 aromatic carbocycles. The standard InChI is InChI=1S/C5H7IN2S/c6-4-1-2-9-5(4)3-8-7/h1-2,8H,3,7H2. The Kier molecular flexibility index (Phi) is 2.90. The van der Waals surface area contributed by atoms with Gasteiger partial charge in [-0.05, 0) is 34.0 Å². The Morgan fingerprint density at radius 1 is 1.78 bits per heavy atom. The van der Waals surface area contributed by atoms with Crippen molar-refractivity contribution in [3.63, 3.8) is 0 Å². The van der Waals surface area contributed by atoms with E-state index in [1.54, 1.807) is 11.3 Å². The smallest absolute Gasteiger partial charge is 0.0453 e. The first-order chi connectivity index (χ1) is 4.34. The minimum absolute atomic E-state index is 0.774. The summed E-state index contributed by atoms with van der Waals surface area (Å²) < 4.78 is 1.29. The van der Waals surface area contributed by atoms with Crippen molar-refractivity contribution in [1.82, 2.24) is 5.43 Å². The Morgan fingerprint density at radius 3 is 3.00 bits per heavy atom. The summed E-state index contributed by atoms with van der Waals surface area (Å²) >= 11 is 4.02. The molecule has 50 valence electrons. The second-order valence-electron chi connectivity index (χ2n) is 1.57. The van der Waals surface area contributed by atoms with Gasteiger partial charge in [0.05, 0.1) is 0 Å². The maximum Gasteiger partial charge on any atom is 0.0453 e. The highest BCUT2D eigenvalue weighted by atomic mass is 127. The molecular weight excluding hydrogens is 247 g/mol. The number of halogens is 1. The fourth-order valence-corrected chi connectivity index (χ4v) is 2.26. The predicted octanol–water partition coefficient (Wildman–Crippen LogP) is 1.32. The van der Waals surface area contributed by atoms with Crippen LogP contribution in [0.25, 0.3) is 0 Å². The second-order valence-corrected chi connectivity index (χ2v) is 3.74. The van der Waals surface area contributed by atoms with E-state index in [4.69, 9.17) is 5.84 Å². The van der Waals surface area contributed by atoms with E-state index in [-0.39, 0.29) is 0 Å². The molecule has 0 saturated carbocycles. The molecule has 0 bridgehead atoms. The van der Waals surface area contributed by atoms with Crippen molar-refractivity contribution in [2.75, 3.05) is 0 Å². The van der Waals surface area contributed by atoms with Gasteiger partial charge in [0.2, 0.25) is 0 Å². The van der Waals surface area contributed by atoms with Crippen LogP contribution in [0.2, 0.25) is 0 Å². The number of rotatable bonds is 2. The molecule has 0 aliphatic carbocycles. The maximum absolute atomic E-state index is 5.14. The first-order valence-electron chi connectivity index (χ1n) is 2.50. The predicted molar refractivity (Wildman–Crippen MR) is 48.1 cm³/mol. The van der Waals surface area contributed by atoms with E-state index in [0.29, 0.717) is 0 Å². The van der Waals surface area contributed by atoms with Crippen molar-refractivity contribution in [2.45, 2.75) is 6.54 Å². The summed E-state index contributed by atoms with van der Waals surface area (Å²) in [6.07, 6.45) is 0. The second kappa shape index (κ2) is 3.50. The van der Waals surface area contributed by atoms with Gasteiger partial charge in [-0.1, -0.05) is 0 Å². The van der Waals surface area contributed by atoms with Gasteiger partial charge in [-0.25, -0.2) is 0 Å². The molecule has 0 radical (unpaired) electrons. The van der Waals surface area contributed by atoms with Crippen LogP contribution in [0.5, 0.6) is 0 Å². The average Bonchev–Trinajstić information content (AvgIpc) is 2.18. The van der Waals surface area contributed by atoms with Crippen LogP contribution < -0.4 is 11.3 Å². The molecule has 3 N–H and O–H groups in total. The van der Waals surface area contributed by atoms with Crippen LogP contribution in [0.1, 0.15) is 4.88 Å². The zero-order valence-electron chi connectivity index (χ0n) is 4.73. The van der Waals surface area contributed by atoms with Gasteiger partial charge < -0.3 is 0 Å². The summed E-state index contributed by atoms with van der Waals surface area (Å²) in [7, 11) is 0. The van der Waals surface area contributed by atoms with Crippen LogP contribution >= 0.6 is 33.9 Å². The normalized spacial score (nSPS) is 10.0. The molecule has 0 unspecified atom stereocenters. The van der Waals surface area contributed by atoms with Gasteiger partial charge in [-0.3, -0.25) is 11.3 Å². The molecule has 1 rings (SSSR count). The van der Waals surface area contributed by atoms with E-state index in [0.717, 1.165) is 6.54 Å². The fourth-order valence-electron chi connectivity index (χ4n) is 0.544. The van der Waals surface area contributed by atoms with Crippen molar-refractivity contribution in [2.24, 2.45) is 5.84 Å². The molecule has 0 saturated heterocycles. The molecule has 4 heteroatoms. The number of nitrogens with one attached hydrogen (secondary N) is 1. The quantitative estimate of drug-likeness (QED) is 0.474. The summed E-state index contributed by atoms with van der Waals surface area (Å²) in [4.78, 5) is 1.30. The Hall–Kier alpha value is 0.350. The molecule has 0 aliphatic heterocycles. The topological polar surface area (TPSA) is 38.0 Å². The van der Waals surface area contributed by atoms with Gasteiger partial charge in [-0.15, -0.1) is 11.3 Å². The van der Waals surface area contributed by atoms with Crippen LogP contribution in [-0.2, 0) is 6.54 Å². The summed E-state index contributed by atoms with van der Waals surface area (Å²) in [6.45, 7) is 0.774. The zero-order valence-corrected chi connectivity index (χ0v) is 7.70. The van der Waals surface area contributed by atoms with E-state index in [2.05, 4.69) is 39.5 Å². The number of nitrogens with two attached hydrogens (primary N) is 1. The van der Waals surface area contributed by atoms with Crippen molar-refractivity contribution < 1.29 is 0 Å². The molecule has 1 aromatic heterocycles. The largest absolute Gasteiger partial charge is 0.271 e. The fraction of sp³-hybridized carbons (Fsp3) is 0.200. The number of hydrazine groups is 1. The molecule has 0 fully saturated rings. The van der Waals surface area contributed by atoms with E-state index in [9.17, 15) is 0 Å². The lowest BCUT2D eigenvalue weighted by molar-refractivity contribution is 0.749. The maximum atomic E-state index is 5.14.